The molecule has 0 spiro atoms. The predicted molar refractivity (Wildman–Crippen MR) is 116 cm³/mol. The molecule has 0 aliphatic carbocycles. The van der Waals surface area contributed by atoms with Crippen molar-refractivity contribution in [2.24, 2.45) is 0 Å². The van der Waals surface area contributed by atoms with E-state index in [-0.39, 0.29) is 30.0 Å². The van der Waals surface area contributed by atoms with Crippen molar-refractivity contribution in [1.82, 2.24) is 4.90 Å². The third-order valence-electron chi connectivity index (χ3n) is 4.24. The average Bonchev–Trinajstić information content (AvgIpc) is 2.89. The molecule has 1 saturated heterocycles. The number of anilines is 1. The van der Waals surface area contributed by atoms with E-state index in [0.29, 0.717) is 4.91 Å². The van der Waals surface area contributed by atoms with Crippen molar-refractivity contribution in [2.75, 3.05) is 11.9 Å². The third kappa shape index (κ3) is 4.91. The van der Waals surface area contributed by atoms with Crippen molar-refractivity contribution in [1.29, 1.82) is 0 Å². The van der Waals surface area contributed by atoms with Gasteiger partial charge in [-0.3, -0.25) is 19.3 Å². The summed E-state index contributed by atoms with van der Waals surface area (Å²) in [5.41, 5.74) is 3.65. The van der Waals surface area contributed by atoms with Crippen LogP contribution in [0.15, 0.2) is 51.8 Å². The smallest absolute Gasteiger partial charge is 0.293 e. The molecule has 1 N–H and O–H groups in total. The molecule has 0 atom stereocenters. The zero-order valence-electron chi connectivity index (χ0n) is 15.5. The number of carbonyl (C=O) groups excluding carboxylic acids is 3. The van der Waals surface area contributed by atoms with E-state index in [1.54, 1.807) is 6.08 Å². The molecule has 144 valence electrons. The number of halogens is 1. The lowest BCUT2D eigenvalue weighted by molar-refractivity contribution is -0.123. The Morgan fingerprint density at radius 1 is 1.18 bits per heavy atom. The van der Waals surface area contributed by atoms with Crippen LogP contribution in [-0.2, 0) is 9.59 Å². The summed E-state index contributed by atoms with van der Waals surface area (Å²) in [6, 6.07) is 13.2. The first kappa shape index (κ1) is 20.4. The number of benzene rings is 2. The summed E-state index contributed by atoms with van der Waals surface area (Å²) >= 11 is 4.28. The first-order chi connectivity index (χ1) is 13.3. The molecule has 0 aromatic heterocycles. The molecule has 1 aliphatic rings. The molecule has 0 bridgehead atoms. The molecule has 1 heterocycles. The van der Waals surface area contributed by atoms with Gasteiger partial charge in [0, 0.05) is 23.1 Å². The summed E-state index contributed by atoms with van der Waals surface area (Å²) < 4.78 is 0.892. The van der Waals surface area contributed by atoms with E-state index in [1.165, 1.54) is 0 Å². The number of thioether (sulfide) groups is 1. The second-order valence-electron chi connectivity index (χ2n) is 6.50. The van der Waals surface area contributed by atoms with Gasteiger partial charge in [0.2, 0.25) is 5.91 Å². The SMILES string of the molecule is Cc1ccc(NC(=O)CCN2C(=O)S/C(=C\c3cccc(Br)c3)C2=O)c(C)c1. The lowest BCUT2D eigenvalue weighted by Crippen LogP contribution is -2.31. The molecule has 3 rings (SSSR count). The zero-order chi connectivity index (χ0) is 20.3. The van der Waals surface area contributed by atoms with Gasteiger partial charge < -0.3 is 5.32 Å². The van der Waals surface area contributed by atoms with Gasteiger partial charge in [-0.25, -0.2) is 0 Å². The van der Waals surface area contributed by atoms with Crippen LogP contribution >= 0.6 is 27.7 Å². The van der Waals surface area contributed by atoms with Gasteiger partial charge in [-0.05, 0) is 61.0 Å². The summed E-state index contributed by atoms with van der Waals surface area (Å²) in [6.07, 6.45) is 1.74. The summed E-state index contributed by atoms with van der Waals surface area (Å²) in [7, 11) is 0. The zero-order valence-corrected chi connectivity index (χ0v) is 17.9. The van der Waals surface area contributed by atoms with Crippen LogP contribution in [-0.4, -0.2) is 28.5 Å². The number of carbonyl (C=O) groups is 3. The Hall–Kier alpha value is -2.38. The summed E-state index contributed by atoms with van der Waals surface area (Å²) in [5.74, 6) is -0.601. The summed E-state index contributed by atoms with van der Waals surface area (Å²) in [5, 5.41) is 2.48. The first-order valence-electron chi connectivity index (χ1n) is 8.71. The van der Waals surface area contributed by atoms with E-state index in [0.717, 1.165) is 43.5 Å². The molecule has 0 unspecified atom stereocenters. The number of rotatable bonds is 5. The van der Waals surface area contributed by atoms with Gasteiger partial charge in [0.25, 0.3) is 11.1 Å². The number of nitrogens with one attached hydrogen (secondary N) is 1. The number of hydrogen-bond acceptors (Lipinski definition) is 4. The highest BCUT2D eigenvalue weighted by Gasteiger charge is 2.35. The van der Waals surface area contributed by atoms with Gasteiger partial charge >= 0.3 is 0 Å². The molecule has 2 aromatic rings. The van der Waals surface area contributed by atoms with Crippen molar-refractivity contribution < 1.29 is 14.4 Å². The van der Waals surface area contributed by atoms with E-state index in [9.17, 15) is 14.4 Å². The van der Waals surface area contributed by atoms with E-state index in [1.807, 2.05) is 56.3 Å². The first-order valence-corrected chi connectivity index (χ1v) is 10.3. The second kappa shape index (κ2) is 8.75. The van der Waals surface area contributed by atoms with Gasteiger partial charge in [-0.2, -0.15) is 0 Å². The maximum absolute atomic E-state index is 12.5. The Morgan fingerprint density at radius 3 is 2.68 bits per heavy atom. The molecular weight excluding hydrogens is 440 g/mol. The van der Waals surface area contributed by atoms with Crippen LogP contribution in [0.2, 0.25) is 0 Å². The topological polar surface area (TPSA) is 66.5 Å². The Kier molecular flexibility index (Phi) is 6.36. The fourth-order valence-corrected chi connectivity index (χ4v) is 4.10. The Morgan fingerprint density at radius 2 is 1.96 bits per heavy atom. The lowest BCUT2D eigenvalue weighted by atomic mass is 10.1. The van der Waals surface area contributed by atoms with Crippen LogP contribution < -0.4 is 5.32 Å². The van der Waals surface area contributed by atoms with Crippen LogP contribution in [0.25, 0.3) is 6.08 Å². The van der Waals surface area contributed by atoms with Crippen LogP contribution in [0.5, 0.6) is 0 Å². The van der Waals surface area contributed by atoms with Crippen LogP contribution in [0.1, 0.15) is 23.1 Å². The van der Waals surface area contributed by atoms with Crippen LogP contribution in [0, 0.1) is 13.8 Å². The minimum atomic E-state index is -0.366. The predicted octanol–water partition coefficient (Wildman–Crippen LogP) is 5.13. The molecule has 1 aliphatic heterocycles. The third-order valence-corrected chi connectivity index (χ3v) is 5.64. The van der Waals surface area contributed by atoms with Gasteiger partial charge in [-0.1, -0.05) is 45.8 Å². The van der Waals surface area contributed by atoms with Crippen LogP contribution in [0.3, 0.4) is 0 Å². The van der Waals surface area contributed by atoms with Crippen molar-refractivity contribution in [3.05, 3.63) is 68.5 Å². The van der Waals surface area contributed by atoms with Gasteiger partial charge in [0.05, 0.1) is 4.91 Å². The lowest BCUT2D eigenvalue weighted by Gasteiger charge is -2.13. The van der Waals surface area contributed by atoms with E-state index < -0.39 is 0 Å². The minimum absolute atomic E-state index is 0.0511. The standard InChI is InChI=1S/C21H19BrN2O3S/c1-13-6-7-17(14(2)10-13)23-19(25)8-9-24-20(26)18(28-21(24)27)12-15-4-3-5-16(22)11-15/h3-7,10-12H,8-9H2,1-2H3,(H,23,25)/b18-12-. The highest BCUT2D eigenvalue weighted by Crippen LogP contribution is 2.32. The molecule has 0 radical (unpaired) electrons. The van der Waals surface area contributed by atoms with Crippen LogP contribution in [0.4, 0.5) is 10.5 Å². The average molecular weight is 459 g/mol. The van der Waals surface area contributed by atoms with Crippen molar-refractivity contribution >= 4 is 56.5 Å². The number of hydrogen-bond donors (Lipinski definition) is 1. The van der Waals surface area contributed by atoms with E-state index >= 15 is 0 Å². The minimum Gasteiger partial charge on any atom is -0.326 e. The maximum Gasteiger partial charge on any atom is 0.293 e. The Bertz CT molecular complexity index is 987. The van der Waals surface area contributed by atoms with E-state index in [4.69, 9.17) is 0 Å². The fraction of sp³-hybridized carbons (Fsp3) is 0.190. The molecule has 1 fully saturated rings. The normalized spacial score (nSPS) is 15.4. The Labute approximate surface area is 176 Å². The second-order valence-corrected chi connectivity index (χ2v) is 8.41. The van der Waals surface area contributed by atoms with Crippen molar-refractivity contribution in [2.45, 2.75) is 20.3 Å². The molecule has 5 nitrogen and oxygen atoms in total. The molecule has 3 amide bonds. The monoisotopic (exact) mass is 458 g/mol. The Balaban J connectivity index is 1.62. The molecule has 28 heavy (non-hydrogen) atoms. The fourth-order valence-electron chi connectivity index (χ4n) is 2.82. The number of amides is 3. The molecule has 2 aromatic carbocycles. The maximum atomic E-state index is 12.5. The van der Waals surface area contributed by atoms with E-state index in [2.05, 4.69) is 21.2 Å². The quantitative estimate of drug-likeness (QED) is 0.630. The summed E-state index contributed by atoms with van der Waals surface area (Å²) in [6.45, 7) is 3.96. The number of nitrogens with zero attached hydrogens (tertiary/aromatic N) is 1. The number of imide groups is 1. The van der Waals surface area contributed by atoms with Gasteiger partial charge in [0.15, 0.2) is 0 Å². The van der Waals surface area contributed by atoms with Gasteiger partial charge in [-0.15, -0.1) is 0 Å². The van der Waals surface area contributed by atoms with Crippen molar-refractivity contribution in [3.63, 3.8) is 0 Å². The number of aryl methyl sites for hydroxylation is 2. The molecule has 7 heteroatoms. The molecular formula is C21H19BrN2O3S. The summed E-state index contributed by atoms with van der Waals surface area (Å²) in [4.78, 5) is 38.5. The highest BCUT2D eigenvalue weighted by atomic mass is 79.9. The molecule has 0 saturated carbocycles. The van der Waals surface area contributed by atoms with Crippen molar-refractivity contribution in [3.8, 4) is 0 Å². The largest absolute Gasteiger partial charge is 0.326 e. The highest BCUT2D eigenvalue weighted by molar-refractivity contribution is 9.10. The van der Waals surface area contributed by atoms with Gasteiger partial charge in [0.1, 0.15) is 0 Å².